The van der Waals surface area contributed by atoms with Crippen molar-refractivity contribution in [3.05, 3.63) is 65.3 Å². The van der Waals surface area contributed by atoms with Crippen LogP contribution in [0, 0.1) is 0 Å². The third kappa shape index (κ3) is 3.69. The predicted molar refractivity (Wildman–Crippen MR) is 118 cm³/mol. The van der Waals surface area contributed by atoms with Gasteiger partial charge in [-0.2, -0.15) is 0 Å². The molecule has 1 N–H and O–H groups in total. The number of pyridine rings is 1. The molecule has 5 heteroatoms. The molecule has 0 aliphatic heterocycles. The molecular weight excluding hydrogens is 384 g/mol. The summed E-state index contributed by atoms with van der Waals surface area (Å²) in [4.78, 5) is 18.1. The largest absolute Gasteiger partial charge is 0.492 e. The number of hydrogen-bond donors (Lipinski definition) is 1. The van der Waals surface area contributed by atoms with E-state index in [-0.39, 0.29) is 5.91 Å². The standard InChI is InChI=1S/C24H25ClN2O2/c1-2-29-21-13-12-20(17-9-8-16-26-22(17)21)27-23(28)24(14-6-3-7-15-24)18-10-4-5-11-19(18)25/h4-5,8-13,16H,2-3,6-7,14-15H2,1H3,(H,27,28). The number of carbonyl (C=O) groups excluding carboxylic acids is 1. The highest BCUT2D eigenvalue weighted by molar-refractivity contribution is 6.32. The topological polar surface area (TPSA) is 51.2 Å². The SMILES string of the molecule is CCOc1ccc(NC(=O)C2(c3ccccc3Cl)CCCCC2)c2cccnc12. The number of fused-ring (bicyclic) bond motifs is 1. The van der Waals surface area contributed by atoms with Gasteiger partial charge in [-0.3, -0.25) is 9.78 Å². The second-order valence-electron chi connectivity index (χ2n) is 7.52. The Kier molecular flexibility index (Phi) is 5.72. The second-order valence-corrected chi connectivity index (χ2v) is 7.93. The number of amides is 1. The second kappa shape index (κ2) is 8.42. The maximum Gasteiger partial charge on any atom is 0.235 e. The highest BCUT2D eigenvalue weighted by Crippen LogP contribution is 2.43. The lowest BCUT2D eigenvalue weighted by Gasteiger charge is -2.37. The first-order chi connectivity index (χ1) is 14.2. The van der Waals surface area contributed by atoms with Crippen LogP contribution >= 0.6 is 11.6 Å². The van der Waals surface area contributed by atoms with Crippen molar-refractivity contribution in [1.29, 1.82) is 0 Å². The monoisotopic (exact) mass is 408 g/mol. The first-order valence-corrected chi connectivity index (χ1v) is 10.6. The summed E-state index contributed by atoms with van der Waals surface area (Å²) in [5.74, 6) is 0.721. The summed E-state index contributed by atoms with van der Waals surface area (Å²) in [6.07, 6.45) is 6.53. The van der Waals surface area contributed by atoms with Crippen LogP contribution < -0.4 is 10.1 Å². The van der Waals surface area contributed by atoms with E-state index >= 15 is 0 Å². The van der Waals surface area contributed by atoms with Crippen LogP contribution in [0.3, 0.4) is 0 Å². The molecule has 1 fully saturated rings. The van der Waals surface area contributed by atoms with Crippen molar-refractivity contribution >= 4 is 34.1 Å². The fourth-order valence-electron chi connectivity index (χ4n) is 4.39. The van der Waals surface area contributed by atoms with Crippen molar-refractivity contribution < 1.29 is 9.53 Å². The predicted octanol–water partition coefficient (Wildman–Crippen LogP) is 6.13. The summed E-state index contributed by atoms with van der Waals surface area (Å²) in [5.41, 5.74) is 1.82. The number of benzene rings is 2. The molecule has 0 atom stereocenters. The van der Waals surface area contributed by atoms with E-state index in [1.165, 1.54) is 0 Å². The molecule has 3 aromatic rings. The molecule has 4 rings (SSSR count). The molecule has 0 radical (unpaired) electrons. The van der Waals surface area contributed by atoms with Gasteiger partial charge in [-0.15, -0.1) is 0 Å². The molecule has 29 heavy (non-hydrogen) atoms. The average molecular weight is 409 g/mol. The Morgan fingerprint density at radius 3 is 2.66 bits per heavy atom. The fourth-order valence-corrected chi connectivity index (χ4v) is 4.71. The first kappa shape index (κ1) is 19.7. The minimum Gasteiger partial charge on any atom is -0.492 e. The molecular formula is C24H25ClN2O2. The summed E-state index contributed by atoms with van der Waals surface area (Å²) >= 11 is 6.54. The number of nitrogens with one attached hydrogen (secondary N) is 1. The third-order valence-electron chi connectivity index (χ3n) is 5.81. The highest BCUT2D eigenvalue weighted by Gasteiger charge is 2.42. The van der Waals surface area contributed by atoms with Gasteiger partial charge in [0, 0.05) is 16.6 Å². The molecule has 1 aliphatic carbocycles. The third-order valence-corrected chi connectivity index (χ3v) is 6.14. The number of nitrogens with zero attached hydrogens (tertiary/aromatic N) is 1. The van der Waals surface area contributed by atoms with Crippen LogP contribution in [0.5, 0.6) is 5.75 Å². The number of carbonyl (C=O) groups is 1. The maximum atomic E-state index is 13.7. The van der Waals surface area contributed by atoms with Crippen molar-refractivity contribution in [2.45, 2.75) is 44.4 Å². The molecule has 2 aromatic carbocycles. The number of aromatic nitrogens is 1. The molecule has 1 amide bonds. The minimum absolute atomic E-state index is 0.000358. The Bertz CT molecular complexity index is 1030. The van der Waals surface area contributed by atoms with Crippen molar-refractivity contribution in [3.63, 3.8) is 0 Å². The van der Waals surface area contributed by atoms with Crippen molar-refractivity contribution in [2.24, 2.45) is 0 Å². The average Bonchev–Trinajstić information content (AvgIpc) is 2.76. The number of rotatable bonds is 5. The number of anilines is 1. The molecule has 0 bridgehead atoms. The smallest absolute Gasteiger partial charge is 0.235 e. The van der Waals surface area contributed by atoms with Crippen LogP contribution in [0.1, 0.15) is 44.6 Å². The zero-order chi connectivity index (χ0) is 20.3. The fraction of sp³-hybridized carbons (Fsp3) is 0.333. The van der Waals surface area contributed by atoms with E-state index in [9.17, 15) is 4.79 Å². The van der Waals surface area contributed by atoms with E-state index in [1.807, 2.05) is 55.5 Å². The van der Waals surface area contributed by atoms with Gasteiger partial charge < -0.3 is 10.1 Å². The zero-order valence-electron chi connectivity index (χ0n) is 16.6. The van der Waals surface area contributed by atoms with Crippen molar-refractivity contribution in [1.82, 2.24) is 4.98 Å². The van der Waals surface area contributed by atoms with E-state index < -0.39 is 5.41 Å². The van der Waals surface area contributed by atoms with Gasteiger partial charge in [0.25, 0.3) is 0 Å². The summed E-state index contributed by atoms with van der Waals surface area (Å²) in [6.45, 7) is 2.51. The Balaban J connectivity index is 1.74. The maximum absolute atomic E-state index is 13.7. The Hall–Kier alpha value is -2.59. The summed E-state index contributed by atoms with van der Waals surface area (Å²) in [6, 6.07) is 15.3. The van der Waals surface area contributed by atoms with Gasteiger partial charge in [-0.25, -0.2) is 0 Å². The van der Waals surface area contributed by atoms with E-state index in [2.05, 4.69) is 10.3 Å². The molecule has 150 valence electrons. The molecule has 0 spiro atoms. The lowest BCUT2D eigenvalue weighted by molar-refractivity contribution is -0.122. The Morgan fingerprint density at radius 1 is 1.10 bits per heavy atom. The zero-order valence-corrected chi connectivity index (χ0v) is 17.3. The quantitative estimate of drug-likeness (QED) is 0.552. The lowest BCUT2D eigenvalue weighted by atomic mass is 9.68. The van der Waals surface area contributed by atoms with E-state index in [0.29, 0.717) is 11.6 Å². The minimum atomic E-state index is -0.607. The lowest BCUT2D eigenvalue weighted by Crippen LogP contribution is -2.42. The van der Waals surface area contributed by atoms with Gasteiger partial charge in [-0.05, 0) is 55.7 Å². The Labute approximate surface area is 176 Å². The number of ether oxygens (including phenoxy) is 1. The number of hydrogen-bond acceptors (Lipinski definition) is 3. The van der Waals surface area contributed by atoms with E-state index in [4.69, 9.17) is 16.3 Å². The van der Waals surface area contributed by atoms with Crippen LogP contribution in [0.25, 0.3) is 10.9 Å². The van der Waals surface area contributed by atoms with Crippen LogP contribution in [0.4, 0.5) is 5.69 Å². The van der Waals surface area contributed by atoms with Gasteiger partial charge in [-0.1, -0.05) is 49.1 Å². The number of halogens is 1. The van der Waals surface area contributed by atoms with Crippen LogP contribution in [0.15, 0.2) is 54.7 Å². The van der Waals surface area contributed by atoms with Gasteiger partial charge in [0.15, 0.2) is 0 Å². The van der Waals surface area contributed by atoms with Gasteiger partial charge in [0.05, 0.1) is 17.7 Å². The molecule has 1 heterocycles. The molecule has 1 aliphatic rings. The van der Waals surface area contributed by atoms with Gasteiger partial charge in [0.1, 0.15) is 11.3 Å². The van der Waals surface area contributed by atoms with E-state index in [0.717, 1.165) is 60.0 Å². The molecule has 0 saturated heterocycles. The van der Waals surface area contributed by atoms with Crippen LogP contribution in [0.2, 0.25) is 5.02 Å². The van der Waals surface area contributed by atoms with E-state index in [1.54, 1.807) is 6.20 Å². The summed E-state index contributed by atoms with van der Waals surface area (Å²) in [7, 11) is 0. The summed E-state index contributed by atoms with van der Waals surface area (Å²) < 4.78 is 5.71. The molecule has 0 unspecified atom stereocenters. The van der Waals surface area contributed by atoms with Gasteiger partial charge >= 0.3 is 0 Å². The van der Waals surface area contributed by atoms with Gasteiger partial charge in [0.2, 0.25) is 5.91 Å². The van der Waals surface area contributed by atoms with Crippen LogP contribution in [-0.2, 0) is 10.2 Å². The molecule has 1 saturated carbocycles. The Morgan fingerprint density at radius 2 is 1.90 bits per heavy atom. The summed E-state index contributed by atoms with van der Waals surface area (Å²) in [5, 5.41) is 4.72. The van der Waals surface area contributed by atoms with Crippen LogP contribution in [-0.4, -0.2) is 17.5 Å². The van der Waals surface area contributed by atoms with Crippen molar-refractivity contribution in [2.75, 3.05) is 11.9 Å². The first-order valence-electron chi connectivity index (χ1n) is 10.2. The normalized spacial score (nSPS) is 15.8. The van der Waals surface area contributed by atoms with Crippen molar-refractivity contribution in [3.8, 4) is 5.75 Å². The molecule has 4 nitrogen and oxygen atoms in total. The highest BCUT2D eigenvalue weighted by atomic mass is 35.5. The molecule has 1 aromatic heterocycles.